The van der Waals surface area contributed by atoms with Gasteiger partial charge in [0.25, 0.3) is 10.0 Å². The fourth-order valence-corrected chi connectivity index (χ4v) is 4.02. The van der Waals surface area contributed by atoms with Gasteiger partial charge in [-0.15, -0.1) is 11.8 Å². The van der Waals surface area contributed by atoms with Gasteiger partial charge in [-0.2, -0.15) is 20.2 Å². The minimum absolute atomic E-state index is 0.0152. The lowest BCUT2D eigenvalue weighted by Crippen LogP contribution is -2.35. The van der Waals surface area contributed by atoms with Gasteiger partial charge in [0, 0.05) is 4.90 Å². The third-order valence-electron chi connectivity index (χ3n) is 2.88. The zero-order valence-corrected chi connectivity index (χ0v) is 16.1. The van der Waals surface area contributed by atoms with Crippen LogP contribution in [0.2, 0.25) is 0 Å². The van der Waals surface area contributed by atoms with Crippen molar-refractivity contribution >= 4 is 33.8 Å². The molecule has 0 aliphatic carbocycles. The highest BCUT2D eigenvalue weighted by atomic mass is 32.2. The molecule has 0 saturated carbocycles. The Balaban J connectivity index is 2.17. The zero-order chi connectivity index (χ0) is 19.9. The van der Waals surface area contributed by atoms with Crippen LogP contribution in [0.15, 0.2) is 34.1 Å². The molecule has 1 aromatic heterocycles. The lowest BCUT2D eigenvalue weighted by atomic mass is 10.4. The summed E-state index contributed by atoms with van der Waals surface area (Å²) in [5.41, 5.74) is 0. The molecule has 1 aromatic carbocycles. The van der Waals surface area contributed by atoms with Gasteiger partial charge in [-0.25, -0.2) is 17.9 Å². The van der Waals surface area contributed by atoms with Crippen molar-refractivity contribution < 1.29 is 17.9 Å². The van der Waals surface area contributed by atoms with E-state index < -0.39 is 16.1 Å². The minimum Gasteiger partial charge on any atom is -0.464 e. The van der Waals surface area contributed by atoms with Crippen molar-refractivity contribution in [1.82, 2.24) is 19.7 Å². The van der Waals surface area contributed by atoms with Gasteiger partial charge in [0.1, 0.15) is 10.7 Å². The van der Waals surface area contributed by atoms with Crippen molar-refractivity contribution in [2.24, 2.45) is 0 Å². The van der Waals surface area contributed by atoms with Crippen molar-refractivity contribution in [3.05, 3.63) is 30.1 Å². The first-order valence-corrected chi connectivity index (χ1v) is 10.1. The molecule has 2 amide bonds. The number of benzene rings is 1. The Labute approximate surface area is 160 Å². The molecule has 1 heterocycles. The molecule has 0 fully saturated rings. The van der Waals surface area contributed by atoms with Crippen LogP contribution in [0, 0.1) is 18.3 Å². The Morgan fingerprint density at radius 2 is 2.04 bits per heavy atom. The largest absolute Gasteiger partial charge is 0.464 e. The molecule has 0 unspecified atom stereocenters. The molecule has 0 saturated heterocycles. The molecule has 2 rings (SSSR count). The van der Waals surface area contributed by atoms with Gasteiger partial charge in [0.2, 0.25) is 5.95 Å². The van der Waals surface area contributed by atoms with Gasteiger partial charge >= 0.3 is 12.0 Å². The molecular formula is C15H16N6O4S2. The normalized spacial score (nSPS) is 10.7. The number of carbonyl (C=O) groups is 1. The fraction of sp³-hybridized carbons (Fsp3) is 0.267. The average Bonchev–Trinajstić information content (AvgIpc) is 2.59. The summed E-state index contributed by atoms with van der Waals surface area (Å²) in [7, 11) is -4.17. The van der Waals surface area contributed by atoms with Crippen LogP contribution < -0.4 is 14.8 Å². The number of urea groups is 1. The van der Waals surface area contributed by atoms with Crippen molar-refractivity contribution in [2.45, 2.75) is 23.6 Å². The number of amides is 2. The molecule has 0 bridgehead atoms. The summed E-state index contributed by atoms with van der Waals surface area (Å²) in [6, 6.07) is 6.96. The maximum absolute atomic E-state index is 12.5. The molecule has 2 N–H and O–H groups in total. The van der Waals surface area contributed by atoms with Gasteiger partial charge in [0.05, 0.1) is 18.4 Å². The number of aryl methyl sites for hydroxylation is 1. The number of anilines is 1. The van der Waals surface area contributed by atoms with Crippen LogP contribution in [0.4, 0.5) is 10.7 Å². The molecule has 27 heavy (non-hydrogen) atoms. The molecule has 0 radical (unpaired) electrons. The first-order valence-electron chi connectivity index (χ1n) is 7.63. The first kappa shape index (κ1) is 20.4. The molecule has 10 nitrogen and oxygen atoms in total. The molecular weight excluding hydrogens is 392 g/mol. The van der Waals surface area contributed by atoms with E-state index in [-0.39, 0.29) is 22.6 Å². The van der Waals surface area contributed by atoms with Crippen molar-refractivity contribution in [2.75, 3.05) is 17.7 Å². The highest BCUT2D eigenvalue weighted by Crippen LogP contribution is 2.25. The van der Waals surface area contributed by atoms with E-state index in [1.54, 1.807) is 26.0 Å². The van der Waals surface area contributed by atoms with Crippen molar-refractivity contribution in [1.29, 1.82) is 5.26 Å². The smallest absolute Gasteiger partial charge is 0.335 e. The Hall–Kier alpha value is -2.91. The quantitative estimate of drug-likeness (QED) is 0.653. The minimum atomic E-state index is -4.17. The Bertz CT molecular complexity index is 975. The lowest BCUT2D eigenvalue weighted by Gasteiger charge is -2.11. The van der Waals surface area contributed by atoms with Crippen LogP contribution >= 0.6 is 11.8 Å². The Kier molecular flexibility index (Phi) is 6.91. The SMILES string of the molecule is CCOc1nc(C)nc(NC(=O)NS(=O)(=O)c2ccccc2SCC#N)n1. The highest BCUT2D eigenvalue weighted by Gasteiger charge is 2.22. The van der Waals surface area contributed by atoms with Gasteiger partial charge in [0.15, 0.2) is 0 Å². The van der Waals surface area contributed by atoms with Crippen LogP contribution in [-0.2, 0) is 10.0 Å². The number of aromatic nitrogens is 3. The van der Waals surface area contributed by atoms with Crippen LogP contribution in [0.5, 0.6) is 6.01 Å². The fourth-order valence-electron chi connectivity index (χ4n) is 1.91. The van der Waals surface area contributed by atoms with E-state index in [0.29, 0.717) is 17.3 Å². The number of nitrogens with zero attached hydrogens (tertiary/aromatic N) is 4. The summed E-state index contributed by atoms with van der Waals surface area (Å²) in [5, 5.41) is 10.9. The second kappa shape index (κ2) is 9.15. The maximum Gasteiger partial charge on any atom is 0.335 e. The number of hydrogen-bond acceptors (Lipinski definition) is 9. The predicted octanol–water partition coefficient (Wildman–Crippen LogP) is 1.70. The number of nitriles is 1. The molecule has 0 spiro atoms. The van der Waals surface area contributed by atoms with Crippen LogP contribution in [-0.4, -0.2) is 41.8 Å². The monoisotopic (exact) mass is 408 g/mol. The molecule has 142 valence electrons. The van der Waals surface area contributed by atoms with Gasteiger partial charge in [-0.3, -0.25) is 5.32 Å². The summed E-state index contributed by atoms with van der Waals surface area (Å²) < 4.78 is 32.1. The van der Waals surface area contributed by atoms with E-state index in [2.05, 4.69) is 20.3 Å². The van der Waals surface area contributed by atoms with E-state index in [4.69, 9.17) is 10.00 Å². The molecule has 0 aliphatic heterocycles. The summed E-state index contributed by atoms with van der Waals surface area (Å²) in [4.78, 5) is 24.1. The van der Waals surface area contributed by atoms with Gasteiger partial charge in [-0.05, 0) is 26.0 Å². The summed E-state index contributed by atoms with van der Waals surface area (Å²) in [6.45, 7) is 3.64. The van der Waals surface area contributed by atoms with Crippen molar-refractivity contribution in [3.8, 4) is 12.1 Å². The number of rotatable bonds is 7. The van der Waals surface area contributed by atoms with Crippen LogP contribution in [0.3, 0.4) is 0 Å². The number of ether oxygens (including phenoxy) is 1. The van der Waals surface area contributed by atoms with Crippen LogP contribution in [0.1, 0.15) is 12.7 Å². The number of nitrogens with one attached hydrogen (secondary N) is 2. The third kappa shape index (κ3) is 5.80. The van der Waals surface area contributed by atoms with Crippen LogP contribution in [0.25, 0.3) is 0 Å². The molecule has 0 atom stereocenters. The van der Waals surface area contributed by atoms with E-state index in [1.807, 2.05) is 10.8 Å². The first-order chi connectivity index (χ1) is 12.9. The van der Waals surface area contributed by atoms with E-state index in [0.717, 1.165) is 11.8 Å². The topological polar surface area (TPSA) is 147 Å². The zero-order valence-electron chi connectivity index (χ0n) is 14.5. The van der Waals surface area contributed by atoms with Gasteiger partial charge in [-0.1, -0.05) is 12.1 Å². The molecule has 2 aromatic rings. The lowest BCUT2D eigenvalue weighted by molar-refractivity contribution is 0.256. The number of hydrogen-bond donors (Lipinski definition) is 2. The Morgan fingerprint density at radius 1 is 1.30 bits per heavy atom. The summed E-state index contributed by atoms with van der Waals surface area (Å²) >= 11 is 1.05. The van der Waals surface area contributed by atoms with Crippen molar-refractivity contribution in [3.63, 3.8) is 0 Å². The third-order valence-corrected chi connectivity index (χ3v) is 5.34. The Morgan fingerprint density at radius 3 is 2.74 bits per heavy atom. The molecule has 0 aliphatic rings. The second-order valence-electron chi connectivity index (χ2n) is 4.87. The second-order valence-corrected chi connectivity index (χ2v) is 7.54. The van der Waals surface area contributed by atoms with E-state index >= 15 is 0 Å². The maximum atomic E-state index is 12.5. The highest BCUT2D eigenvalue weighted by molar-refractivity contribution is 8.00. The number of thioether (sulfide) groups is 1. The summed E-state index contributed by atoms with van der Waals surface area (Å²) in [6.07, 6.45) is 0. The number of sulfonamides is 1. The van der Waals surface area contributed by atoms with E-state index in [1.165, 1.54) is 12.1 Å². The van der Waals surface area contributed by atoms with Gasteiger partial charge < -0.3 is 4.74 Å². The molecule has 12 heteroatoms. The van der Waals surface area contributed by atoms with E-state index in [9.17, 15) is 13.2 Å². The predicted molar refractivity (Wildman–Crippen MR) is 97.9 cm³/mol. The average molecular weight is 408 g/mol. The standard InChI is InChI=1S/C15H16N6O4S2/c1-3-25-15-18-10(2)17-13(20-15)19-14(22)21-27(23,24)12-7-5-4-6-11(12)26-9-8-16/h4-7H,3,9H2,1-2H3,(H2,17,18,19,20,21,22). The summed E-state index contributed by atoms with van der Waals surface area (Å²) in [5.74, 6) is 0.221. The number of carbonyl (C=O) groups excluding carboxylic acids is 1.